The average Bonchev–Trinajstić information content (AvgIpc) is 1.91. The first-order valence-electron chi connectivity index (χ1n) is 4.92. The van der Waals surface area contributed by atoms with Gasteiger partial charge in [-0.3, -0.25) is 0 Å². The topological polar surface area (TPSA) is 23.5 Å². The van der Waals surface area contributed by atoms with Gasteiger partial charge >= 0.3 is 0 Å². The summed E-state index contributed by atoms with van der Waals surface area (Å²) in [6, 6.07) is 0. The smallest absolute Gasteiger partial charge is 0.0630 e. The molecule has 1 saturated carbocycles. The Balaban J connectivity index is 1.91. The van der Waals surface area contributed by atoms with Crippen LogP contribution in [-0.4, -0.2) is 35.7 Å². The van der Waals surface area contributed by atoms with Crippen LogP contribution < -0.4 is 0 Å². The van der Waals surface area contributed by atoms with Gasteiger partial charge in [0, 0.05) is 0 Å². The highest BCUT2D eigenvalue weighted by Crippen LogP contribution is 2.54. The molecule has 0 aromatic carbocycles. The molecule has 1 saturated heterocycles. The van der Waals surface area contributed by atoms with E-state index in [-0.39, 0.29) is 5.60 Å². The van der Waals surface area contributed by atoms with Gasteiger partial charge in [0.2, 0.25) is 0 Å². The van der Waals surface area contributed by atoms with Gasteiger partial charge in [0.1, 0.15) is 0 Å². The van der Waals surface area contributed by atoms with Crippen molar-refractivity contribution in [2.45, 2.75) is 38.2 Å². The van der Waals surface area contributed by atoms with E-state index in [1.807, 2.05) is 6.92 Å². The molecule has 2 heteroatoms. The van der Waals surface area contributed by atoms with Gasteiger partial charge < -0.3 is 10.0 Å². The van der Waals surface area contributed by atoms with Crippen molar-refractivity contribution in [1.82, 2.24) is 4.90 Å². The third-order valence-electron chi connectivity index (χ3n) is 3.56. The molecule has 2 nitrogen and oxygen atoms in total. The van der Waals surface area contributed by atoms with Crippen molar-refractivity contribution in [2.75, 3.05) is 20.1 Å². The Morgan fingerprint density at radius 2 is 1.67 bits per heavy atom. The van der Waals surface area contributed by atoms with Gasteiger partial charge in [-0.2, -0.15) is 0 Å². The van der Waals surface area contributed by atoms with E-state index in [0.29, 0.717) is 5.41 Å². The fraction of sp³-hybridized carbons (Fsp3) is 1.00. The van der Waals surface area contributed by atoms with Crippen LogP contribution in [0.15, 0.2) is 0 Å². The van der Waals surface area contributed by atoms with E-state index in [1.54, 1.807) is 0 Å². The molecule has 2 rings (SSSR count). The highest BCUT2D eigenvalue weighted by molar-refractivity contribution is 5.03. The first-order chi connectivity index (χ1) is 5.52. The van der Waals surface area contributed by atoms with Crippen LogP contribution in [-0.2, 0) is 0 Å². The molecule has 0 atom stereocenters. The third-order valence-corrected chi connectivity index (χ3v) is 3.56. The molecule has 12 heavy (non-hydrogen) atoms. The summed E-state index contributed by atoms with van der Waals surface area (Å²) in [5.74, 6) is 0. The minimum Gasteiger partial charge on any atom is -0.390 e. The van der Waals surface area contributed by atoms with Gasteiger partial charge in [0.05, 0.1) is 5.60 Å². The van der Waals surface area contributed by atoms with Crippen molar-refractivity contribution in [3.63, 3.8) is 0 Å². The molecule has 0 radical (unpaired) electrons. The second kappa shape index (κ2) is 2.46. The molecule has 0 bridgehead atoms. The lowest BCUT2D eigenvalue weighted by Crippen LogP contribution is -2.54. The number of aliphatic hydroxyl groups is 1. The van der Waals surface area contributed by atoms with Crippen LogP contribution in [0.1, 0.15) is 32.6 Å². The minimum atomic E-state index is -0.337. The van der Waals surface area contributed by atoms with Crippen molar-refractivity contribution in [3.8, 4) is 0 Å². The summed E-state index contributed by atoms with van der Waals surface area (Å²) in [7, 11) is 2.18. The summed E-state index contributed by atoms with van der Waals surface area (Å²) in [6.07, 6.45) is 4.65. The van der Waals surface area contributed by atoms with Crippen LogP contribution in [0.4, 0.5) is 0 Å². The van der Waals surface area contributed by atoms with Gasteiger partial charge in [-0.25, -0.2) is 0 Å². The monoisotopic (exact) mass is 169 g/mol. The standard InChI is InChI=1S/C10H19NO/c1-9(12)7-10(8-9)3-5-11(2)6-4-10/h12H,3-8H2,1-2H3. The zero-order chi connectivity index (χ0) is 8.82. The molecular formula is C10H19NO. The fourth-order valence-corrected chi connectivity index (χ4v) is 3.01. The lowest BCUT2D eigenvalue weighted by atomic mass is 9.56. The maximum atomic E-state index is 9.68. The number of likely N-dealkylation sites (tertiary alicyclic amines) is 1. The van der Waals surface area contributed by atoms with E-state index < -0.39 is 0 Å². The molecule has 0 amide bonds. The number of hydrogen-bond donors (Lipinski definition) is 1. The van der Waals surface area contributed by atoms with E-state index in [4.69, 9.17) is 0 Å². The summed E-state index contributed by atoms with van der Waals surface area (Å²) in [5, 5.41) is 9.68. The molecule has 2 aliphatic rings. The summed E-state index contributed by atoms with van der Waals surface area (Å²) in [5.41, 5.74) is 0.186. The molecule has 1 heterocycles. The first-order valence-corrected chi connectivity index (χ1v) is 4.92. The normalized spacial score (nSPS) is 33.2. The van der Waals surface area contributed by atoms with Crippen molar-refractivity contribution in [2.24, 2.45) is 5.41 Å². The molecule has 1 spiro atoms. The zero-order valence-corrected chi connectivity index (χ0v) is 8.14. The lowest BCUT2D eigenvalue weighted by Gasteiger charge is -2.55. The minimum absolute atomic E-state index is 0.337. The molecule has 1 N–H and O–H groups in total. The SMILES string of the molecule is CN1CCC2(CC1)CC(C)(O)C2. The molecule has 0 aromatic heterocycles. The number of rotatable bonds is 0. The van der Waals surface area contributed by atoms with E-state index in [2.05, 4.69) is 11.9 Å². The predicted octanol–water partition coefficient (Wildman–Crippen LogP) is 1.24. The second-order valence-electron chi connectivity index (χ2n) is 5.15. The van der Waals surface area contributed by atoms with E-state index in [1.165, 1.54) is 25.9 Å². The highest BCUT2D eigenvalue weighted by atomic mass is 16.3. The van der Waals surface area contributed by atoms with Gasteiger partial charge in [0.25, 0.3) is 0 Å². The Morgan fingerprint density at radius 1 is 1.17 bits per heavy atom. The average molecular weight is 169 g/mol. The molecule has 1 aliphatic heterocycles. The summed E-state index contributed by atoms with van der Waals surface area (Å²) in [4.78, 5) is 2.39. The van der Waals surface area contributed by atoms with Crippen LogP contribution in [0, 0.1) is 5.41 Å². The van der Waals surface area contributed by atoms with E-state index in [0.717, 1.165) is 12.8 Å². The van der Waals surface area contributed by atoms with Gasteiger partial charge in [-0.1, -0.05) is 0 Å². The van der Waals surface area contributed by atoms with Crippen molar-refractivity contribution in [1.29, 1.82) is 0 Å². The van der Waals surface area contributed by atoms with Crippen LogP contribution in [0.5, 0.6) is 0 Å². The maximum absolute atomic E-state index is 9.68. The van der Waals surface area contributed by atoms with E-state index in [9.17, 15) is 5.11 Å². The van der Waals surface area contributed by atoms with Gasteiger partial charge in [-0.15, -0.1) is 0 Å². The Morgan fingerprint density at radius 3 is 2.08 bits per heavy atom. The number of piperidine rings is 1. The second-order valence-corrected chi connectivity index (χ2v) is 5.15. The Bertz CT molecular complexity index is 170. The highest BCUT2D eigenvalue weighted by Gasteiger charge is 2.51. The molecule has 0 unspecified atom stereocenters. The lowest BCUT2D eigenvalue weighted by molar-refractivity contribution is -0.135. The van der Waals surface area contributed by atoms with Crippen LogP contribution in [0.3, 0.4) is 0 Å². The van der Waals surface area contributed by atoms with Gasteiger partial charge in [0.15, 0.2) is 0 Å². The Kier molecular flexibility index (Phi) is 1.74. The van der Waals surface area contributed by atoms with E-state index >= 15 is 0 Å². The third kappa shape index (κ3) is 1.38. The Hall–Kier alpha value is -0.0800. The number of nitrogens with zero attached hydrogens (tertiary/aromatic N) is 1. The molecular weight excluding hydrogens is 150 g/mol. The molecule has 0 aromatic rings. The maximum Gasteiger partial charge on any atom is 0.0630 e. The van der Waals surface area contributed by atoms with Gasteiger partial charge in [-0.05, 0) is 58.2 Å². The summed E-state index contributed by atoms with van der Waals surface area (Å²) < 4.78 is 0. The number of hydrogen-bond acceptors (Lipinski definition) is 2. The van der Waals surface area contributed by atoms with Crippen molar-refractivity contribution in [3.05, 3.63) is 0 Å². The largest absolute Gasteiger partial charge is 0.390 e. The zero-order valence-electron chi connectivity index (χ0n) is 8.14. The molecule has 70 valence electrons. The summed E-state index contributed by atoms with van der Waals surface area (Å²) >= 11 is 0. The molecule has 2 fully saturated rings. The molecule has 1 aliphatic carbocycles. The predicted molar refractivity (Wildman–Crippen MR) is 49.0 cm³/mol. The van der Waals surface area contributed by atoms with Crippen molar-refractivity contribution < 1.29 is 5.11 Å². The quantitative estimate of drug-likeness (QED) is 0.590. The first kappa shape index (κ1) is 8.52. The van der Waals surface area contributed by atoms with Crippen LogP contribution in [0.2, 0.25) is 0 Å². The fourth-order valence-electron chi connectivity index (χ4n) is 3.01. The van der Waals surface area contributed by atoms with Crippen LogP contribution >= 0.6 is 0 Å². The summed E-state index contributed by atoms with van der Waals surface area (Å²) in [6.45, 7) is 4.41. The van der Waals surface area contributed by atoms with Crippen LogP contribution in [0.25, 0.3) is 0 Å². The van der Waals surface area contributed by atoms with Crippen molar-refractivity contribution >= 4 is 0 Å². The Labute approximate surface area is 74.6 Å².